The van der Waals surface area contributed by atoms with Crippen LogP contribution in [0.4, 0.5) is 5.82 Å². The Labute approximate surface area is 167 Å². The molecular formula is C21H23N3O3S. The zero-order valence-corrected chi connectivity index (χ0v) is 17.2. The van der Waals surface area contributed by atoms with Crippen LogP contribution in [0, 0.1) is 19.8 Å². The maximum atomic E-state index is 12.1. The van der Waals surface area contributed by atoms with Crippen molar-refractivity contribution < 1.29 is 14.3 Å². The number of fused-ring (bicyclic) bond motifs is 1. The molecule has 1 saturated carbocycles. The summed E-state index contributed by atoms with van der Waals surface area (Å²) in [5, 5.41) is 4.55. The summed E-state index contributed by atoms with van der Waals surface area (Å²) >= 11 is 1.35. The van der Waals surface area contributed by atoms with Crippen LogP contribution in [0.2, 0.25) is 0 Å². The summed E-state index contributed by atoms with van der Waals surface area (Å²) in [6.45, 7) is 3.80. The number of anilines is 1. The number of methoxy groups -OCH3 is 2. The molecular weight excluding hydrogens is 374 g/mol. The van der Waals surface area contributed by atoms with Crippen LogP contribution in [0.3, 0.4) is 0 Å². The highest BCUT2D eigenvalue weighted by molar-refractivity contribution is 7.20. The van der Waals surface area contributed by atoms with Crippen LogP contribution in [-0.4, -0.2) is 30.2 Å². The molecule has 2 heterocycles. The summed E-state index contributed by atoms with van der Waals surface area (Å²) in [7, 11) is 3.07. The fourth-order valence-corrected chi connectivity index (χ4v) is 4.64. The molecule has 0 radical (unpaired) electrons. The number of carbonyl (C=O) groups excluding carboxylic acids is 1. The van der Waals surface area contributed by atoms with Crippen LogP contribution in [0.25, 0.3) is 10.2 Å². The Morgan fingerprint density at radius 1 is 1.18 bits per heavy atom. The molecule has 2 aromatic heterocycles. The van der Waals surface area contributed by atoms with Crippen molar-refractivity contribution in [1.29, 1.82) is 0 Å². The van der Waals surface area contributed by atoms with Gasteiger partial charge in [0.2, 0.25) is 0 Å². The number of nitrogens with one attached hydrogen (secondary N) is 1. The van der Waals surface area contributed by atoms with Gasteiger partial charge in [-0.05, 0) is 55.9 Å². The molecule has 0 spiro atoms. The molecule has 1 aromatic carbocycles. The Bertz CT molecular complexity index is 1030. The molecule has 1 N–H and O–H groups in total. The molecule has 0 aliphatic heterocycles. The summed E-state index contributed by atoms with van der Waals surface area (Å²) in [4.78, 5) is 22.7. The van der Waals surface area contributed by atoms with Gasteiger partial charge in [-0.15, -0.1) is 11.3 Å². The smallest absolute Gasteiger partial charge is 0.348 e. The van der Waals surface area contributed by atoms with E-state index in [-0.39, 0.29) is 12.0 Å². The third-order valence-corrected chi connectivity index (χ3v) is 6.30. The zero-order valence-electron chi connectivity index (χ0n) is 16.4. The molecule has 7 heteroatoms. The van der Waals surface area contributed by atoms with Crippen molar-refractivity contribution in [3.05, 3.63) is 46.1 Å². The van der Waals surface area contributed by atoms with E-state index in [9.17, 15) is 4.79 Å². The fourth-order valence-electron chi connectivity index (χ4n) is 3.50. The molecule has 1 aliphatic rings. The first-order valence-corrected chi connectivity index (χ1v) is 10.1. The van der Waals surface area contributed by atoms with Crippen molar-refractivity contribution in [2.24, 2.45) is 5.92 Å². The Morgan fingerprint density at radius 3 is 2.50 bits per heavy atom. The van der Waals surface area contributed by atoms with Crippen molar-refractivity contribution in [2.45, 2.75) is 32.7 Å². The molecule has 1 fully saturated rings. The van der Waals surface area contributed by atoms with E-state index in [1.807, 2.05) is 26.0 Å². The van der Waals surface area contributed by atoms with Gasteiger partial charge in [-0.1, -0.05) is 12.1 Å². The predicted octanol–water partition coefficient (Wildman–Crippen LogP) is 4.67. The molecule has 0 saturated heterocycles. The van der Waals surface area contributed by atoms with E-state index in [1.165, 1.54) is 36.9 Å². The SMILES string of the molecule is COC(=O)c1sc2nc(C)nc(N[C@@H](c3ccc(OC)cc3)C3CC3)c2c1C. The predicted molar refractivity (Wildman–Crippen MR) is 110 cm³/mol. The standard InChI is InChI=1S/C21H23N3O3S/c1-11-16-19(22-12(2)23-20(16)28-18(11)21(25)27-4)24-17(13-5-6-13)14-7-9-15(26-3)10-8-14/h7-10,13,17H,5-6H2,1-4H3,(H,22,23,24)/t17-/m1/s1. The highest BCUT2D eigenvalue weighted by Gasteiger charge is 2.33. The van der Waals surface area contributed by atoms with Gasteiger partial charge in [0.05, 0.1) is 25.6 Å². The Kier molecular flexibility index (Phi) is 4.93. The van der Waals surface area contributed by atoms with Crippen LogP contribution in [0.5, 0.6) is 5.75 Å². The van der Waals surface area contributed by atoms with Crippen molar-refractivity contribution in [1.82, 2.24) is 9.97 Å². The summed E-state index contributed by atoms with van der Waals surface area (Å²) in [5.74, 6) is 2.53. The van der Waals surface area contributed by atoms with Crippen molar-refractivity contribution in [2.75, 3.05) is 19.5 Å². The lowest BCUT2D eigenvalue weighted by molar-refractivity contribution is 0.0605. The van der Waals surface area contributed by atoms with Crippen LogP contribution in [0.1, 0.15) is 45.5 Å². The lowest BCUT2D eigenvalue weighted by Crippen LogP contribution is -2.15. The zero-order chi connectivity index (χ0) is 19.8. The third-order valence-electron chi connectivity index (χ3n) is 5.13. The van der Waals surface area contributed by atoms with Crippen LogP contribution in [0.15, 0.2) is 24.3 Å². The maximum Gasteiger partial charge on any atom is 0.348 e. The van der Waals surface area contributed by atoms with E-state index in [0.717, 1.165) is 27.3 Å². The number of nitrogens with zero attached hydrogens (tertiary/aromatic N) is 2. The summed E-state index contributed by atoms with van der Waals surface area (Å²) in [6, 6.07) is 8.32. The maximum absolute atomic E-state index is 12.1. The first-order valence-electron chi connectivity index (χ1n) is 9.28. The van der Waals surface area contributed by atoms with Gasteiger partial charge < -0.3 is 14.8 Å². The van der Waals surface area contributed by atoms with E-state index >= 15 is 0 Å². The lowest BCUT2D eigenvalue weighted by atomic mass is 10.0. The second kappa shape index (κ2) is 7.39. The van der Waals surface area contributed by atoms with Gasteiger partial charge in [0, 0.05) is 0 Å². The molecule has 0 bridgehead atoms. The topological polar surface area (TPSA) is 73.3 Å². The summed E-state index contributed by atoms with van der Waals surface area (Å²) < 4.78 is 10.2. The summed E-state index contributed by atoms with van der Waals surface area (Å²) in [6.07, 6.45) is 2.37. The first kappa shape index (κ1) is 18.7. The minimum Gasteiger partial charge on any atom is -0.497 e. The number of aryl methyl sites for hydroxylation is 2. The van der Waals surface area contributed by atoms with Crippen molar-refractivity contribution in [3.63, 3.8) is 0 Å². The molecule has 3 aromatic rings. The van der Waals surface area contributed by atoms with E-state index in [4.69, 9.17) is 9.47 Å². The quantitative estimate of drug-likeness (QED) is 0.610. The molecule has 146 valence electrons. The average Bonchev–Trinajstić information content (AvgIpc) is 3.49. The fraction of sp³-hybridized carbons (Fsp3) is 0.381. The minimum atomic E-state index is -0.335. The van der Waals surface area contributed by atoms with Gasteiger partial charge in [0.25, 0.3) is 0 Å². The molecule has 6 nitrogen and oxygen atoms in total. The molecule has 0 amide bonds. The Morgan fingerprint density at radius 2 is 1.89 bits per heavy atom. The molecule has 1 aliphatic carbocycles. The minimum absolute atomic E-state index is 0.157. The summed E-state index contributed by atoms with van der Waals surface area (Å²) in [5.41, 5.74) is 2.06. The van der Waals surface area contributed by atoms with Crippen LogP contribution < -0.4 is 10.1 Å². The Balaban J connectivity index is 1.76. The van der Waals surface area contributed by atoms with E-state index in [2.05, 4.69) is 27.4 Å². The van der Waals surface area contributed by atoms with Gasteiger partial charge >= 0.3 is 5.97 Å². The number of hydrogen-bond acceptors (Lipinski definition) is 7. The molecule has 4 rings (SSSR count). The lowest BCUT2D eigenvalue weighted by Gasteiger charge is -2.21. The monoisotopic (exact) mass is 397 g/mol. The molecule has 28 heavy (non-hydrogen) atoms. The number of rotatable bonds is 6. The van der Waals surface area contributed by atoms with Gasteiger partial charge in [-0.25, -0.2) is 14.8 Å². The number of thiophene rings is 1. The highest BCUT2D eigenvalue weighted by atomic mass is 32.1. The third kappa shape index (κ3) is 3.42. The van der Waals surface area contributed by atoms with Crippen LogP contribution >= 0.6 is 11.3 Å². The number of hydrogen-bond donors (Lipinski definition) is 1. The average molecular weight is 398 g/mol. The van der Waals surface area contributed by atoms with Crippen molar-refractivity contribution in [3.8, 4) is 5.75 Å². The van der Waals surface area contributed by atoms with Gasteiger partial charge in [0.1, 0.15) is 27.1 Å². The number of aromatic nitrogens is 2. The molecule has 0 unspecified atom stereocenters. The highest BCUT2D eigenvalue weighted by Crippen LogP contribution is 2.44. The van der Waals surface area contributed by atoms with E-state index in [0.29, 0.717) is 16.6 Å². The normalized spacial score (nSPS) is 14.7. The van der Waals surface area contributed by atoms with Crippen molar-refractivity contribution >= 4 is 33.3 Å². The first-order chi connectivity index (χ1) is 13.5. The van der Waals surface area contributed by atoms with Gasteiger partial charge in [-0.2, -0.15) is 0 Å². The number of esters is 1. The second-order valence-corrected chi connectivity index (χ2v) is 8.08. The Hall–Kier alpha value is -2.67. The number of ether oxygens (including phenoxy) is 2. The number of benzene rings is 1. The number of carbonyl (C=O) groups is 1. The van der Waals surface area contributed by atoms with Crippen LogP contribution in [-0.2, 0) is 4.74 Å². The second-order valence-electron chi connectivity index (χ2n) is 7.08. The largest absolute Gasteiger partial charge is 0.497 e. The van der Waals surface area contributed by atoms with E-state index < -0.39 is 0 Å². The van der Waals surface area contributed by atoms with Gasteiger partial charge in [-0.3, -0.25) is 0 Å². The van der Waals surface area contributed by atoms with E-state index in [1.54, 1.807) is 7.11 Å². The van der Waals surface area contributed by atoms with Gasteiger partial charge in [0.15, 0.2) is 0 Å². The molecule has 1 atom stereocenters.